The summed E-state index contributed by atoms with van der Waals surface area (Å²) in [5.41, 5.74) is 0.789. The second kappa shape index (κ2) is 6.67. The van der Waals surface area contributed by atoms with Gasteiger partial charge < -0.3 is 4.74 Å². The Morgan fingerprint density at radius 2 is 1.81 bits per heavy atom. The van der Waals surface area contributed by atoms with Gasteiger partial charge in [0.15, 0.2) is 0 Å². The molecule has 21 heavy (non-hydrogen) atoms. The highest BCUT2D eigenvalue weighted by molar-refractivity contribution is 7.99. The normalized spacial score (nSPS) is 21.7. The molecule has 1 saturated heterocycles. The number of hydrogen-bond donors (Lipinski definition) is 0. The number of ether oxygens (including phenoxy) is 1. The van der Waals surface area contributed by atoms with Gasteiger partial charge in [-0.1, -0.05) is 25.0 Å². The van der Waals surface area contributed by atoms with Crippen LogP contribution in [0.1, 0.15) is 44.1 Å². The molecule has 2 aliphatic rings. The van der Waals surface area contributed by atoms with E-state index in [2.05, 4.69) is 17.1 Å². The molecule has 0 spiro atoms. The van der Waals surface area contributed by atoms with E-state index in [0.717, 1.165) is 49.8 Å². The van der Waals surface area contributed by atoms with Crippen molar-refractivity contribution in [1.82, 2.24) is 0 Å². The van der Waals surface area contributed by atoms with Crippen LogP contribution in [0.4, 0.5) is 0 Å². The number of carbonyl (C=O) groups excluding carboxylic acids is 1. The van der Waals surface area contributed by atoms with Gasteiger partial charge in [-0.2, -0.15) is 16.8 Å². The van der Waals surface area contributed by atoms with E-state index in [1.165, 1.54) is 11.5 Å². The van der Waals surface area contributed by atoms with Crippen molar-refractivity contribution in [2.24, 2.45) is 4.99 Å². The molecule has 0 atom stereocenters. The maximum absolute atomic E-state index is 10.8. The molecule has 4 heteroatoms. The molecule has 0 unspecified atom stereocenters. The van der Waals surface area contributed by atoms with Crippen LogP contribution in [0.15, 0.2) is 29.3 Å². The van der Waals surface area contributed by atoms with Crippen molar-refractivity contribution in [2.45, 2.75) is 50.2 Å². The summed E-state index contributed by atoms with van der Waals surface area (Å²) in [6.45, 7) is 0. The van der Waals surface area contributed by atoms with E-state index in [1.807, 2.05) is 23.9 Å². The first-order chi connectivity index (χ1) is 10.3. The van der Waals surface area contributed by atoms with Crippen LogP contribution in [0.5, 0.6) is 5.75 Å². The Balaban J connectivity index is 1.72. The summed E-state index contributed by atoms with van der Waals surface area (Å²) in [4.78, 5) is 14.9. The van der Waals surface area contributed by atoms with Gasteiger partial charge in [0, 0.05) is 0 Å². The summed E-state index contributed by atoms with van der Waals surface area (Å²) < 4.78 is 6.04. The van der Waals surface area contributed by atoms with Gasteiger partial charge in [-0.25, -0.2) is 4.79 Å². The highest BCUT2D eigenvalue weighted by Crippen LogP contribution is 2.42. The Kier molecular flexibility index (Phi) is 4.67. The van der Waals surface area contributed by atoms with Gasteiger partial charge in [-0.3, -0.25) is 0 Å². The number of thioether (sulfide) groups is 1. The maximum atomic E-state index is 10.8. The van der Waals surface area contributed by atoms with Gasteiger partial charge in [-0.05, 0) is 54.9 Å². The number of isocyanates is 1. The third-order valence-corrected chi connectivity index (χ3v) is 5.60. The summed E-state index contributed by atoms with van der Waals surface area (Å²) in [7, 11) is 0. The molecule has 1 aliphatic carbocycles. The molecule has 1 heterocycles. The zero-order valence-electron chi connectivity index (χ0n) is 12.2. The second-order valence-electron chi connectivity index (χ2n) is 5.90. The average molecular weight is 303 g/mol. The molecule has 1 aliphatic heterocycles. The predicted molar refractivity (Wildman–Crippen MR) is 85.7 cm³/mol. The van der Waals surface area contributed by atoms with E-state index >= 15 is 0 Å². The van der Waals surface area contributed by atoms with E-state index in [1.54, 1.807) is 6.08 Å². The molecule has 112 valence electrons. The molecule has 1 aromatic carbocycles. The van der Waals surface area contributed by atoms with Crippen LogP contribution in [0.25, 0.3) is 0 Å². The molecule has 0 bridgehead atoms. The minimum atomic E-state index is -0.332. The number of rotatable bonds is 4. The zero-order chi connectivity index (χ0) is 14.5. The molecular formula is C17H21NO2S. The first kappa shape index (κ1) is 14.7. The molecule has 0 aromatic heterocycles. The number of nitrogens with zero attached hydrogens (tertiary/aromatic N) is 1. The Bertz CT molecular complexity index is 510. The number of hydrogen-bond acceptors (Lipinski definition) is 4. The molecule has 1 aromatic rings. The Hall–Kier alpha value is -1.25. The Labute approximate surface area is 130 Å². The van der Waals surface area contributed by atoms with E-state index in [4.69, 9.17) is 4.74 Å². The lowest BCUT2D eigenvalue weighted by Crippen LogP contribution is -2.22. The Morgan fingerprint density at radius 1 is 1.14 bits per heavy atom. The lowest BCUT2D eigenvalue weighted by Gasteiger charge is -2.25. The SMILES string of the molecule is O=C=NC1(c2ccc(OC3CCSCC3)cc2)CCCC1. The van der Waals surface area contributed by atoms with Gasteiger partial charge in [0.2, 0.25) is 6.08 Å². The first-order valence-electron chi connectivity index (χ1n) is 7.76. The van der Waals surface area contributed by atoms with Crippen LogP contribution >= 0.6 is 11.8 Å². The van der Waals surface area contributed by atoms with Gasteiger partial charge in [0.1, 0.15) is 11.9 Å². The van der Waals surface area contributed by atoms with Crippen LogP contribution in [0.2, 0.25) is 0 Å². The third kappa shape index (κ3) is 3.33. The van der Waals surface area contributed by atoms with Crippen molar-refractivity contribution in [3.05, 3.63) is 29.8 Å². The molecule has 1 saturated carbocycles. The van der Waals surface area contributed by atoms with Crippen molar-refractivity contribution >= 4 is 17.8 Å². The van der Waals surface area contributed by atoms with Crippen LogP contribution in [-0.4, -0.2) is 23.7 Å². The zero-order valence-corrected chi connectivity index (χ0v) is 13.0. The van der Waals surface area contributed by atoms with Crippen LogP contribution in [0, 0.1) is 0 Å². The lowest BCUT2D eigenvalue weighted by molar-refractivity contribution is 0.192. The van der Waals surface area contributed by atoms with Gasteiger partial charge in [0.05, 0.1) is 5.54 Å². The minimum Gasteiger partial charge on any atom is -0.490 e. The first-order valence-corrected chi connectivity index (χ1v) is 8.92. The topological polar surface area (TPSA) is 38.7 Å². The van der Waals surface area contributed by atoms with E-state index < -0.39 is 0 Å². The molecule has 0 radical (unpaired) electrons. The highest BCUT2D eigenvalue weighted by atomic mass is 32.2. The van der Waals surface area contributed by atoms with Crippen LogP contribution in [0.3, 0.4) is 0 Å². The molecule has 3 rings (SSSR count). The fourth-order valence-electron chi connectivity index (χ4n) is 3.34. The molecule has 0 N–H and O–H groups in total. The Morgan fingerprint density at radius 3 is 2.43 bits per heavy atom. The molecule has 2 fully saturated rings. The summed E-state index contributed by atoms with van der Waals surface area (Å²) in [5.74, 6) is 3.32. The van der Waals surface area contributed by atoms with Crippen molar-refractivity contribution < 1.29 is 9.53 Å². The summed E-state index contributed by atoms with van der Waals surface area (Å²) in [6.07, 6.45) is 8.53. The molecular weight excluding hydrogens is 282 g/mol. The van der Waals surface area contributed by atoms with Crippen LogP contribution in [-0.2, 0) is 10.3 Å². The molecule has 3 nitrogen and oxygen atoms in total. The largest absolute Gasteiger partial charge is 0.490 e. The standard InChI is InChI=1S/C17H21NO2S/c19-13-18-17(9-1-2-10-17)14-3-5-15(6-4-14)20-16-7-11-21-12-8-16/h3-6,16H,1-2,7-12H2. The minimum absolute atomic E-state index is 0.332. The van der Waals surface area contributed by atoms with E-state index in [9.17, 15) is 4.79 Å². The fourth-order valence-corrected chi connectivity index (χ4v) is 4.41. The van der Waals surface area contributed by atoms with Gasteiger partial charge >= 0.3 is 0 Å². The van der Waals surface area contributed by atoms with Gasteiger partial charge in [0.25, 0.3) is 0 Å². The summed E-state index contributed by atoms with van der Waals surface area (Å²) in [5, 5.41) is 0. The molecule has 0 amide bonds. The van der Waals surface area contributed by atoms with Gasteiger partial charge in [-0.15, -0.1) is 0 Å². The van der Waals surface area contributed by atoms with Crippen molar-refractivity contribution in [3.63, 3.8) is 0 Å². The summed E-state index contributed by atoms with van der Waals surface area (Å²) >= 11 is 2.00. The lowest BCUT2D eigenvalue weighted by atomic mass is 9.89. The predicted octanol–water partition coefficient (Wildman–Crippen LogP) is 4.07. The average Bonchev–Trinajstić information content (AvgIpc) is 2.99. The maximum Gasteiger partial charge on any atom is 0.235 e. The monoisotopic (exact) mass is 303 g/mol. The fraction of sp³-hybridized carbons (Fsp3) is 0.588. The van der Waals surface area contributed by atoms with E-state index in [-0.39, 0.29) is 5.54 Å². The van der Waals surface area contributed by atoms with E-state index in [0.29, 0.717) is 6.10 Å². The van der Waals surface area contributed by atoms with Crippen molar-refractivity contribution in [2.75, 3.05) is 11.5 Å². The smallest absolute Gasteiger partial charge is 0.235 e. The third-order valence-electron chi connectivity index (χ3n) is 4.55. The highest BCUT2D eigenvalue weighted by Gasteiger charge is 2.35. The second-order valence-corrected chi connectivity index (χ2v) is 7.12. The number of aliphatic imine (C=N–C) groups is 1. The quantitative estimate of drug-likeness (QED) is 0.622. The van der Waals surface area contributed by atoms with Crippen LogP contribution < -0.4 is 4.74 Å². The van der Waals surface area contributed by atoms with Crippen molar-refractivity contribution in [3.8, 4) is 5.75 Å². The number of benzene rings is 1. The van der Waals surface area contributed by atoms with Crippen molar-refractivity contribution in [1.29, 1.82) is 0 Å². The summed E-state index contributed by atoms with van der Waals surface area (Å²) in [6, 6.07) is 8.19.